The molecule has 0 aromatic heterocycles. The lowest BCUT2D eigenvalue weighted by Crippen LogP contribution is -2.60. The molecule has 9 nitrogen and oxygen atoms in total. The number of aliphatic hydroxyl groups excluding tert-OH is 5. The summed E-state index contributed by atoms with van der Waals surface area (Å²) in [6.07, 6.45) is 63.1. The zero-order chi connectivity index (χ0) is 53.6. The number of ether oxygens (including phenoxy) is 2. The lowest BCUT2D eigenvalue weighted by Gasteiger charge is -2.40. The largest absolute Gasteiger partial charge is 0.394 e. The number of hydrogen-bond donors (Lipinski definition) is 6. The van der Waals surface area contributed by atoms with Crippen molar-refractivity contribution in [2.45, 2.75) is 384 Å². The second kappa shape index (κ2) is 55.3. The third-order valence-electron chi connectivity index (χ3n) is 16.1. The van der Waals surface area contributed by atoms with Crippen molar-refractivity contribution in [1.29, 1.82) is 0 Å². The molecule has 1 saturated heterocycles. The number of carbonyl (C=O) groups excluding carboxylic acids is 1. The van der Waals surface area contributed by atoms with Gasteiger partial charge in [0.2, 0.25) is 5.91 Å². The minimum absolute atomic E-state index is 0.169. The Balaban J connectivity index is 2.11. The highest BCUT2D eigenvalue weighted by Gasteiger charge is 2.44. The van der Waals surface area contributed by atoms with Gasteiger partial charge in [0.05, 0.1) is 25.4 Å². The fraction of sp³-hybridized carbons (Fsp3) is 0.954. The van der Waals surface area contributed by atoms with Crippen molar-refractivity contribution in [2.75, 3.05) is 13.2 Å². The van der Waals surface area contributed by atoms with Crippen molar-refractivity contribution in [2.24, 2.45) is 0 Å². The molecule has 440 valence electrons. The maximum atomic E-state index is 13.1. The van der Waals surface area contributed by atoms with Crippen molar-refractivity contribution < 1.29 is 39.8 Å². The van der Waals surface area contributed by atoms with E-state index in [-0.39, 0.29) is 12.5 Å². The van der Waals surface area contributed by atoms with Crippen molar-refractivity contribution in [3.8, 4) is 0 Å². The summed E-state index contributed by atoms with van der Waals surface area (Å²) in [6.45, 7) is 3.83. The minimum atomic E-state index is -1.56. The first-order chi connectivity index (χ1) is 36.3. The molecular formula is C65H127NO8. The number of carbonyl (C=O) groups is 1. The van der Waals surface area contributed by atoms with E-state index >= 15 is 0 Å². The van der Waals surface area contributed by atoms with E-state index in [4.69, 9.17) is 9.47 Å². The molecular weight excluding hydrogens is 923 g/mol. The van der Waals surface area contributed by atoms with Crippen LogP contribution >= 0.6 is 0 Å². The Morgan fingerprint density at radius 1 is 0.446 bits per heavy atom. The molecule has 0 aromatic rings. The fourth-order valence-corrected chi connectivity index (χ4v) is 10.9. The van der Waals surface area contributed by atoms with Gasteiger partial charge in [-0.25, -0.2) is 0 Å². The zero-order valence-electron chi connectivity index (χ0n) is 49.1. The van der Waals surface area contributed by atoms with Gasteiger partial charge in [-0.2, -0.15) is 0 Å². The summed E-state index contributed by atoms with van der Waals surface area (Å²) in [5.74, 6) is -0.169. The van der Waals surface area contributed by atoms with Gasteiger partial charge in [0.25, 0.3) is 0 Å². The Labute approximate surface area is 458 Å². The molecule has 0 radical (unpaired) electrons. The minimum Gasteiger partial charge on any atom is -0.394 e. The number of nitrogens with one attached hydrogen (secondary N) is 1. The zero-order valence-corrected chi connectivity index (χ0v) is 49.1. The molecule has 0 saturated carbocycles. The lowest BCUT2D eigenvalue weighted by molar-refractivity contribution is -0.302. The van der Waals surface area contributed by atoms with Crippen LogP contribution < -0.4 is 5.32 Å². The van der Waals surface area contributed by atoms with Gasteiger partial charge in [-0.3, -0.25) is 4.79 Å². The number of amides is 1. The van der Waals surface area contributed by atoms with Gasteiger partial charge in [-0.05, 0) is 19.3 Å². The molecule has 6 N–H and O–H groups in total. The Hall–Kier alpha value is -1.07. The van der Waals surface area contributed by atoms with E-state index in [1.807, 2.05) is 6.08 Å². The average molecular weight is 1050 g/mol. The monoisotopic (exact) mass is 1050 g/mol. The van der Waals surface area contributed by atoms with E-state index in [1.165, 1.54) is 283 Å². The number of aliphatic hydroxyl groups is 5. The average Bonchev–Trinajstić information content (AvgIpc) is 3.40. The number of rotatable bonds is 58. The number of unbranched alkanes of at least 4 members (excludes halogenated alkanes) is 48. The smallest absolute Gasteiger partial charge is 0.220 e. The highest BCUT2D eigenvalue weighted by atomic mass is 16.7. The Kier molecular flexibility index (Phi) is 53.0. The second-order valence-electron chi connectivity index (χ2n) is 23.3. The van der Waals surface area contributed by atoms with Crippen molar-refractivity contribution >= 4 is 5.91 Å². The lowest BCUT2D eigenvalue weighted by atomic mass is 9.99. The predicted molar refractivity (Wildman–Crippen MR) is 314 cm³/mol. The van der Waals surface area contributed by atoms with Gasteiger partial charge >= 0.3 is 0 Å². The van der Waals surface area contributed by atoms with Gasteiger partial charge in [0.15, 0.2) is 6.29 Å². The number of hydrogen-bond acceptors (Lipinski definition) is 8. The molecule has 1 fully saturated rings. The molecule has 1 heterocycles. The van der Waals surface area contributed by atoms with Crippen molar-refractivity contribution in [3.05, 3.63) is 12.2 Å². The maximum absolute atomic E-state index is 13.1. The van der Waals surface area contributed by atoms with E-state index in [0.29, 0.717) is 6.42 Å². The molecule has 7 unspecified atom stereocenters. The Morgan fingerprint density at radius 2 is 0.743 bits per heavy atom. The van der Waals surface area contributed by atoms with Crippen LogP contribution in [0.25, 0.3) is 0 Å². The third-order valence-corrected chi connectivity index (χ3v) is 16.1. The van der Waals surface area contributed by atoms with Crippen LogP contribution in [0.1, 0.15) is 341 Å². The van der Waals surface area contributed by atoms with Crippen LogP contribution in [0.5, 0.6) is 0 Å². The standard InChI is InChI=1S/C65H127NO8/c1-3-5-7-9-11-13-15-17-19-21-23-24-25-26-27-28-29-30-31-32-33-34-35-36-37-38-40-42-44-46-48-50-52-54-59(68)58(57-73-65-64(72)63(71)62(70)60(56-67)74-65)66-61(69)55-53-51-49-47-45-43-41-39-22-20-18-16-14-12-10-8-6-4-2/h52,54,58-60,62-65,67-68,70-72H,3-51,53,55-57H2,1-2H3,(H,66,69)/b54-52+. The maximum Gasteiger partial charge on any atom is 0.220 e. The summed E-state index contributed by atoms with van der Waals surface area (Å²) >= 11 is 0. The predicted octanol–water partition coefficient (Wildman–Crippen LogP) is 17.1. The Morgan fingerprint density at radius 3 is 1.05 bits per heavy atom. The fourth-order valence-electron chi connectivity index (χ4n) is 10.9. The SMILES string of the molecule is CCCCCCCCCCCCCCCCCCCCCCCCCCCCCCCCC/C=C/C(O)C(COC1OC(CO)C(O)C(O)C1O)NC(=O)CCCCCCCCCCCCCCCCCCCC. The molecule has 0 aliphatic carbocycles. The normalized spacial score (nSPS) is 18.9. The molecule has 7 atom stereocenters. The molecule has 1 rings (SSSR count). The molecule has 1 aliphatic rings. The van der Waals surface area contributed by atoms with Crippen LogP contribution in [0.2, 0.25) is 0 Å². The molecule has 1 amide bonds. The molecule has 0 aromatic carbocycles. The second-order valence-corrected chi connectivity index (χ2v) is 23.3. The van der Waals surface area contributed by atoms with Crippen LogP contribution in [0, 0.1) is 0 Å². The van der Waals surface area contributed by atoms with Crippen molar-refractivity contribution in [1.82, 2.24) is 5.32 Å². The van der Waals surface area contributed by atoms with Gasteiger partial charge in [-0.15, -0.1) is 0 Å². The molecule has 74 heavy (non-hydrogen) atoms. The quantitative estimate of drug-likeness (QED) is 0.0261. The summed E-state index contributed by atoms with van der Waals surface area (Å²) < 4.78 is 11.3. The van der Waals surface area contributed by atoms with Crippen LogP contribution in [0.4, 0.5) is 0 Å². The van der Waals surface area contributed by atoms with Gasteiger partial charge in [0, 0.05) is 6.42 Å². The van der Waals surface area contributed by atoms with E-state index in [0.717, 1.165) is 38.5 Å². The molecule has 9 heteroatoms. The topological polar surface area (TPSA) is 149 Å². The molecule has 0 bridgehead atoms. The van der Waals surface area contributed by atoms with Gasteiger partial charge < -0.3 is 40.3 Å². The van der Waals surface area contributed by atoms with Gasteiger partial charge in [0.1, 0.15) is 24.4 Å². The van der Waals surface area contributed by atoms with E-state index < -0.39 is 49.5 Å². The molecule has 0 spiro atoms. The van der Waals surface area contributed by atoms with E-state index in [9.17, 15) is 30.3 Å². The third kappa shape index (κ3) is 43.9. The van der Waals surface area contributed by atoms with E-state index in [2.05, 4.69) is 19.2 Å². The number of allylic oxidation sites excluding steroid dienone is 1. The summed E-state index contributed by atoms with van der Waals surface area (Å²) in [7, 11) is 0. The van der Waals surface area contributed by atoms with Gasteiger partial charge in [-0.1, -0.05) is 328 Å². The van der Waals surface area contributed by atoms with Crippen LogP contribution in [-0.4, -0.2) is 87.5 Å². The first-order valence-electron chi connectivity index (χ1n) is 32.9. The highest BCUT2D eigenvalue weighted by molar-refractivity contribution is 5.76. The Bertz CT molecular complexity index is 1170. The van der Waals surface area contributed by atoms with Crippen LogP contribution in [0.15, 0.2) is 12.2 Å². The summed E-state index contributed by atoms with van der Waals surface area (Å²) in [5.41, 5.74) is 0. The highest BCUT2D eigenvalue weighted by Crippen LogP contribution is 2.23. The van der Waals surface area contributed by atoms with Crippen LogP contribution in [-0.2, 0) is 14.3 Å². The van der Waals surface area contributed by atoms with Crippen LogP contribution in [0.3, 0.4) is 0 Å². The molecule has 1 aliphatic heterocycles. The summed E-state index contributed by atoms with van der Waals surface area (Å²) in [4.78, 5) is 13.1. The van der Waals surface area contributed by atoms with E-state index in [1.54, 1.807) is 6.08 Å². The first kappa shape index (κ1) is 70.9. The summed E-state index contributed by atoms with van der Waals surface area (Å²) in [6, 6.07) is -0.801. The van der Waals surface area contributed by atoms with Crippen molar-refractivity contribution in [3.63, 3.8) is 0 Å². The first-order valence-corrected chi connectivity index (χ1v) is 32.9. The summed E-state index contributed by atoms with van der Waals surface area (Å²) in [5, 5.41) is 54.6.